The third-order valence-corrected chi connectivity index (χ3v) is 6.53. The number of primary amides is 1. The number of nitrogens with two attached hydrogens (primary N) is 1. The molecule has 2 aromatic heterocycles. The molecule has 0 saturated carbocycles. The van der Waals surface area contributed by atoms with Crippen LogP contribution in [0.4, 0.5) is 5.00 Å². The molecule has 2 aromatic rings. The van der Waals surface area contributed by atoms with Gasteiger partial charge in [-0.25, -0.2) is 4.98 Å². The molecule has 4 N–H and O–H groups in total. The van der Waals surface area contributed by atoms with Gasteiger partial charge in [0.05, 0.1) is 11.3 Å². The van der Waals surface area contributed by atoms with Crippen molar-refractivity contribution in [3.63, 3.8) is 0 Å². The first kappa shape index (κ1) is 19.6. The number of nitrogens with one attached hydrogen (secondary N) is 2. The number of aromatic nitrogens is 2. The van der Waals surface area contributed by atoms with Crippen LogP contribution in [0.2, 0.25) is 0 Å². The van der Waals surface area contributed by atoms with Crippen molar-refractivity contribution in [3.8, 4) is 0 Å². The number of thiophene rings is 1. The summed E-state index contributed by atoms with van der Waals surface area (Å²) in [5.41, 5.74) is 7.44. The Labute approximate surface area is 165 Å². The van der Waals surface area contributed by atoms with Gasteiger partial charge >= 0.3 is 0 Å². The van der Waals surface area contributed by atoms with E-state index in [1.165, 1.54) is 17.4 Å². The van der Waals surface area contributed by atoms with Crippen LogP contribution in [0.25, 0.3) is 0 Å². The first-order valence-electron chi connectivity index (χ1n) is 8.84. The molecule has 0 saturated heterocycles. The number of nitrogens with zero attached hydrogens (tertiary/aromatic N) is 1. The molecule has 0 bridgehead atoms. The van der Waals surface area contributed by atoms with E-state index in [0.717, 1.165) is 41.5 Å². The molecule has 0 spiro atoms. The third-order valence-electron chi connectivity index (χ3n) is 4.49. The number of anilines is 1. The molecule has 0 aliphatic heterocycles. The maximum atomic E-state index is 12.4. The number of hydrogen-bond acceptors (Lipinski definition) is 6. The SMILES string of the molecule is CCc1cc(=O)[nH]c(SCC(=O)Nc2sc3c(c2C(N)=O)CCC(C)C3)n1. The molecule has 1 aliphatic rings. The van der Waals surface area contributed by atoms with E-state index >= 15 is 0 Å². The van der Waals surface area contributed by atoms with Gasteiger partial charge in [-0.1, -0.05) is 25.6 Å². The number of fused-ring (bicyclic) bond motifs is 1. The normalized spacial score (nSPS) is 16.0. The maximum absolute atomic E-state index is 12.4. The first-order valence-corrected chi connectivity index (χ1v) is 10.6. The van der Waals surface area contributed by atoms with Crippen molar-refractivity contribution in [2.45, 2.75) is 44.7 Å². The van der Waals surface area contributed by atoms with E-state index in [-0.39, 0.29) is 17.2 Å². The highest BCUT2D eigenvalue weighted by Crippen LogP contribution is 2.39. The zero-order valence-corrected chi connectivity index (χ0v) is 16.9. The summed E-state index contributed by atoms with van der Waals surface area (Å²) in [5, 5.41) is 3.75. The summed E-state index contributed by atoms with van der Waals surface area (Å²) in [6, 6.07) is 1.44. The fourth-order valence-corrected chi connectivity index (χ4v) is 5.26. The monoisotopic (exact) mass is 406 g/mol. The predicted octanol–water partition coefficient (Wildman–Crippen LogP) is 2.35. The Morgan fingerprint density at radius 2 is 2.26 bits per heavy atom. The minimum Gasteiger partial charge on any atom is -0.365 e. The molecule has 2 heterocycles. The van der Waals surface area contributed by atoms with E-state index in [9.17, 15) is 14.4 Å². The van der Waals surface area contributed by atoms with Crippen molar-refractivity contribution in [2.75, 3.05) is 11.1 Å². The van der Waals surface area contributed by atoms with Crippen molar-refractivity contribution < 1.29 is 9.59 Å². The van der Waals surface area contributed by atoms with Crippen LogP contribution in [0.15, 0.2) is 16.0 Å². The second-order valence-corrected chi connectivity index (χ2v) is 8.72. The summed E-state index contributed by atoms with van der Waals surface area (Å²) in [6.07, 6.45) is 3.37. The topological polar surface area (TPSA) is 118 Å². The van der Waals surface area contributed by atoms with Crippen LogP contribution in [0.3, 0.4) is 0 Å². The van der Waals surface area contributed by atoms with Crippen LogP contribution < -0.4 is 16.6 Å². The number of rotatable bonds is 6. The highest BCUT2D eigenvalue weighted by atomic mass is 32.2. The highest BCUT2D eigenvalue weighted by Gasteiger charge is 2.27. The van der Waals surface area contributed by atoms with Crippen molar-refractivity contribution in [1.82, 2.24) is 9.97 Å². The molecule has 3 rings (SSSR count). The van der Waals surface area contributed by atoms with Crippen LogP contribution in [0, 0.1) is 5.92 Å². The largest absolute Gasteiger partial charge is 0.365 e. The number of carbonyl (C=O) groups excluding carboxylic acids is 2. The Morgan fingerprint density at radius 3 is 2.96 bits per heavy atom. The van der Waals surface area contributed by atoms with Gasteiger partial charge in [0.2, 0.25) is 5.91 Å². The van der Waals surface area contributed by atoms with Crippen LogP contribution in [-0.4, -0.2) is 27.5 Å². The van der Waals surface area contributed by atoms with Crippen molar-refractivity contribution >= 4 is 39.9 Å². The van der Waals surface area contributed by atoms with Gasteiger partial charge in [-0.15, -0.1) is 11.3 Å². The molecular formula is C18H22N4O3S2. The van der Waals surface area contributed by atoms with Gasteiger partial charge in [-0.2, -0.15) is 0 Å². The zero-order valence-electron chi connectivity index (χ0n) is 15.3. The molecule has 1 aliphatic carbocycles. The lowest BCUT2D eigenvalue weighted by molar-refractivity contribution is -0.113. The predicted molar refractivity (Wildman–Crippen MR) is 108 cm³/mol. The van der Waals surface area contributed by atoms with E-state index < -0.39 is 5.91 Å². The van der Waals surface area contributed by atoms with Crippen molar-refractivity contribution in [2.24, 2.45) is 11.7 Å². The molecule has 0 aromatic carbocycles. The fraction of sp³-hybridized carbons (Fsp3) is 0.444. The summed E-state index contributed by atoms with van der Waals surface area (Å²) in [7, 11) is 0. The second-order valence-electron chi connectivity index (χ2n) is 6.65. The minimum atomic E-state index is -0.508. The lowest BCUT2D eigenvalue weighted by Crippen LogP contribution is -2.20. The average molecular weight is 407 g/mol. The molecule has 7 nitrogen and oxygen atoms in total. The number of amides is 2. The summed E-state index contributed by atoms with van der Waals surface area (Å²) >= 11 is 2.59. The van der Waals surface area contributed by atoms with E-state index in [1.54, 1.807) is 0 Å². The Hall–Kier alpha value is -2.13. The molecule has 1 unspecified atom stereocenters. The van der Waals surface area contributed by atoms with Gasteiger partial charge in [0.15, 0.2) is 5.16 Å². The third kappa shape index (κ3) is 4.59. The summed E-state index contributed by atoms with van der Waals surface area (Å²) in [4.78, 5) is 44.0. The molecule has 0 radical (unpaired) electrons. The van der Waals surface area contributed by atoms with Gasteiger partial charge in [0, 0.05) is 16.6 Å². The van der Waals surface area contributed by atoms with Gasteiger partial charge in [-0.3, -0.25) is 14.4 Å². The van der Waals surface area contributed by atoms with Gasteiger partial charge < -0.3 is 16.0 Å². The number of aromatic amines is 1. The van der Waals surface area contributed by atoms with Crippen molar-refractivity contribution in [3.05, 3.63) is 38.1 Å². The number of hydrogen-bond donors (Lipinski definition) is 3. The van der Waals surface area contributed by atoms with Crippen LogP contribution in [0.1, 0.15) is 46.8 Å². The van der Waals surface area contributed by atoms with Gasteiger partial charge in [-0.05, 0) is 37.2 Å². The number of thioether (sulfide) groups is 1. The molecule has 27 heavy (non-hydrogen) atoms. The lowest BCUT2D eigenvalue weighted by Gasteiger charge is -2.18. The fourth-order valence-electron chi connectivity index (χ4n) is 3.13. The Morgan fingerprint density at radius 1 is 1.48 bits per heavy atom. The number of aryl methyl sites for hydroxylation is 1. The average Bonchev–Trinajstić information content (AvgIpc) is 2.96. The van der Waals surface area contributed by atoms with Gasteiger partial charge in [0.25, 0.3) is 11.5 Å². The molecule has 2 amide bonds. The van der Waals surface area contributed by atoms with E-state index in [2.05, 4.69) is 22.2 Å². The molecular weight excluding hydrogens is 384 g/mol. The lowest BCUT2D eigenvalue weighted by atomic mass is 9.88. The number of H-pyrrole nitrogens is 1. The molecule has 9 heteroatoms. The Bertz CT molecular complexity index is 935. The summed E-state index contributed by atoms with van der Waals surface area (Å²) in [6.45, 7) is 4.09. The Balaban J connectivity index is 1.72. The second kappa shape index (κ2) is 8.26. The van der Waals surface area contributed by atoms with Crippen molar-refractivity contribution in [1.29, 1.82) is 0 Å². The van der Waals surface area contributed by atoms with E-state index in [1.807, 2.05) is 6.92 Å². The highest BCUT2D eigenvalue weighted by molar-refractivity contribution is 7.99. The van der Waals surface area contributed by atoms with Crippen LogP contribution in [-0.2, 0) is 24.1 Å². The first-order chi connectivity index (χ1) is 12.9. The minimum absolute atomic E-state index is 0.0767. The van der Waals surface area contributed by atoms with Crippen LogP contribution >= 0.6 is 23.1 Å². The molecule has 0 fully saturated rings. The smallest absolute Gasteiger partial charge is 0.251 e. The zero-order chi connectivity index (χ0) is 19.6. The summed E-state index contributed by atoms with van der Waals surface area (Å²) < 4.78 is 0. The maximum Gasteiger partial charge on any atom is 0.251 e. The van der Waals surface area contributed by atoms with E-state index in [4.69, 9.17) is 5.73 Å². The standard InChI is InChI=1S/C18H22N4O3S2/c1-3-10-7-13(23)22-18(20-10)26-8-14(24)21-17-15(16(19)25)11-5-4-9(2)6-12(11)27-17/h7,9H,3-6,8H2,1-2H3,(H2,19,25)(H,21,24)(H,20,22,23). The quantitative estimate of drug-likeness (QED) is 0.503. The molecule has 1 atom stereocenters. The molecule has 144 valence electrons. The van der Waals surface area contributed by atoms with E-state index in [0.29, 0.717) is 33.8 Å². The summed E-state index contributed by atoms with van der Waals surface area (Å²) in [5.74, 6) is -0.136. The Kier molecular flexibility index (Phi) is 6.01. The number of carbonyl (C=O) groups is 2. The van der Waals surface area contributed by atoms with Crippen LogP contribution in [0.5, 0.6) is 0 Å². The van der Waals surface area contributed by atoms with Gasteiger partial charge in [0.1, 0.15) is 5.00 Å².